The van der Waals surface area contributed by atoms with E-state index in [1.807, 2.05) is 12.4 Å². The number of fused-ring (bicyclic) bond motifs is 1. The van der Waals surface area contributed by atoms with E-state index in [9.17, 15) is 0 Å². The summed E-state index contributed by atoms with van der Waals surface area (Å²) in [7, 11) is 0. The van der Waals surface area contributed by atoms with E-state index in [0.29, 0.717) is 0 Å². The number of nitrogens with zero attached hydrogens (tertiary/aromatic N) is 3. The molecule has 0 aliphatic heterocycles. The summed E-state index contributed by atoms with van der Waals surface area (Å²) in [4.78, 5) is 4.61. The molecular formula is C15H21N3. The fourth-order valence-electron chi connectivity index (χ4n) is 1.91. The molecule has 0 aliphatic carbocycles. The lowest BCUT2D eigenvalue weighted by atomic mass is 9.85. The van der Waals surface area contributed by atoms with E-state index in [4.69, 9.17) is 0 Å². The quantitative estimate of drug-likeness (QED) is 0.709. The second-order valence-electron chi connectivity index (χ2n) is 6.85. The zero-order valence-electron chi connectivity index (χ0n) is 12.1. The SMILES string of the molecule is CC(C)(C)c1cnc2c(C(C)(C)C)cnnc2c1. The van der Waals surface area contributed by atoms with E-state index in [1.54, 1.807) is 0 Å². The third-order valence-corrected chi connectivity index (χ3v) is 3.15. The van der Waals surface area contributed by atoms with Crippen molar-refractivity contribution in [3.05, 3.63) is 29.6 Å². The first kappa shape index (κ1) is 12.9. The van der Waals surface area contributed by atoms with Gasteiger partial charge in [0.05, 0.1) is 11.7 Å². The van der Waals surface area contributed by atoms with Crippen LogP contribution < -0.4 is 0 Å². The van der Waals surface area contributed by atoms with Gasteiger partial charge in [-0.2, -0.15) is 5.10 Å². The maximum absolute atomic E-state index is 4.61. The first-order valence-electron chi connectivity index (χ1n) is 6.32. The fraction of sp³-hybridized carbons (Fsp3) is 0.533. The lowest BCUT2D eigenvalue weighted by molar-refractivity contribution is 0.584. The molecule has 0 radical (unpaired) electrons. The standard InChI is InChI=1S/C15H21N3/c1-14(2,3)10-7-12-13(16-8-10)11(9-17-18-12)15(4,5)6/h7-9H,1-6H3. The molecule has 0 atom stereocenters. The third-order valence-electron chi connectivity index (χ3n) is 3.15. The Balaban J connectivity index is 2.68. The Labute approximate surface area is 109 Å². The van der Waals surface area contributed by atoms with Gasteiger partial charge in [-0.25, -0.2) is 0 Å². The lowest BCUT2D eigenvalue weighted by Gasteiger charge is -2.21. The molecule has 0 aliphatic rings. The van der Waals surface area contributed by atoms with E-state index < -0.39 is 0 Å². The monoisotopic (exact) mass is 243 g/mol. The van der Waals surface area contributed by atoms with Crippen LogP contribution in [0.25, 0.3) is 11.0 Å². The van der Waals surface area contributed by atoms with Gasteiger partial charge < -0.3 is 0 Å². The summed E-state index contributed by atoms with van der Waals surface area (Å²) in [6, 6.07) is 2.10. The van der Waals surface area contributed by atoms with Crippen LogP contribution in [-0.2, 0) is 10.8 Å². The van der Waals surface area contributed by atoms with Crippen molar-refractivity contribution in [2.24, 2.45) is 0 Å². The number of rotatable bonds is 0. The molecule has 18 heavy (non-hydrogen) atoms. The van der Waals surface area contributed by atoms with Crippen LogP contribution in [0.15, 0.2) is 18.5 Å². The smallest absolute Gasteiger partial charge is 0.112 e. The average molecular weight is 243 g/mol. The minimum atomic E-state index is 0.0322. The molecule has 0 unspecified atom stereocenters. The molecule has 2 aromatic rings. The number of pyridine rings is 1. The van der Waals surface area contributed by atoms with Crippen LogP contribution >= 0.6 is 0 Å². The summed E-state index contributed by atoms with van der Waals surface area (Å²) in [6.45, 7) is 13.0. The molecule has 96 valence electrons. The highest BCUT2D eigenvalue weighted by molar-refractivity contribution is 5.78. The van der Waals surface area contributed by atoms with Gasteiger partial charge in [-0.15, -0.1) is 5.10 Å². The first-order valence-corrected chi connectivity index (χ1v) is 6.32. The minimum Gasteiger partial charge on any atom is -0.254 e. The molecule has 0 spiro atoms. The molecule has 2 aromatic heterocycles. The van der Waals surface area contributed by atoms with E-state index in [1.165, 1.54) is 5.56 Å². The minimum absolute atomic E-state index is 0.0322. The topological polar surface area (TPSA) is 38.7 Å². The van der Waals surface area contributed by atoms with Crippen molar-refractivity contribution in [3.63, 3.8) is 0 Å². The van der Waals surface area contributed by atoms with Gasteiger partial charge in [0, 0.05) is 11.8 Å². The van der Waals surface area contributed by atoms with Crippen LogP contribution in [0.2, 0.25) is 0 Å². The van der Waals surface area contributed by atoms with E-state index in [-0.39, 0.29) is 10.8 Å². The van der Waals surface area contributed by atoms with Crippen molar-refractivity contribution in [2.45, 2.75) is 52.4 Å². The molecular weight excluding hydrogens is 222 g/mol. The lowest BCUT2D eigenvalue weighted by Crippen LogP contribution is -2.15. The van der Waals surface area contributed by atoms with E-state index in [0.717, 1.165) is 16.6 Å². The molecule has 3 heteroatoms. The highest BCUT2D eigenvalue weighted by Crippen LogP contribution is 2.29. The second kappa shape index (κ2) is 4.01. The maximum Gasteiger partial charge on any atom is 0.112 e. The molecule has 0 bridgehead atoms. The normalized spacial score (nSPS) is 13.0. The number of aromatic nitrogens is 3. The molecule has 3 nitrogen and oxygen atoms in total. The summed E-state index contributed by atoms with van der Waals surface area (Å²) in [5.41, 5.74) is 4.30. The van der Waals surface area contributed by atoms with Crippen molar-refractivity contribution in [2.75, 3.05) is 0 Å². The van der Waals surface area contributed by atoms with Gasteiger partial charge in [0.15, 0.2) is 0 Å². The van der Waals surface area contributed by atoms with Crippen LogP contribution in [0, 0.1) is 0 Å². The summed E-state index contributed by atoms with van der Waals surface area (Å²) >= 11 is 0. The summed E-state index contributed by atoms with van der Waals surface area (Å²) < 4.78 is 0. The van der Waals surface area contributed by atoms with Crippen molar-refractivity contribution < 1.29 is 0 Å². The van der Waals surface area contributed by atoms with Crippen LogP contribution in [0.4, 0.5) is 0 Å². The molecule has 0 aromatic carbocycles. The summed E-state index contributed by atoms with van der Waals surface area (Å²) in [5.74, 6) is 0. The maximum atomic E-state index is 4.61. The Hall–Kier alpha value is -1.51. The van der Waals surface area contributed by atoms with Crippen LogP contribution in [0.5, 0.6) is 0 Å². The second-order valence-corrected chi connectivity index (χ2v) is 6.85. The third kappa shape index (κ3) is 2.35. The largest absolute Gasteiger partial charge is 0.254 e. The van der Waals surface area contributed by atoms with E-state index >= 15 is 0 Å². The zero-order chi connectivity index (χ0) is 13.6. The van der Waals surface area contributed by atoms with Crippen molar-refractivity contribution in [1.82, 2.24) is 15.2 Å². The van der Waals surface area contributed by atoms with Gasteiger partial charge in [-0.05, 0) is 22.5 Å². The number of hydrogen-bond donors (Lipinski definition) is 0. The predicted octanol–water partition coefficient (Wildman–Crippen LogP) is 3.62. The van der Waals surface area contributed by atoms with Crippen molar-refractivity contribution in [1.29, 1.82) is 0 Å². The van der Waals surface area contributed by atoms with Crippen LogP contribution in [0.1, 0.15) is 52.7 Å². The van der Waals surface area contributed by atoms with Gasteiger partial charge >= 0.3 is 0 Å². The summed E-state index contributed by atoms with van der Waals surface area (Å²) in [6.07, 6.45) is 3.78. The first-order chi connectivity index (χ1) is 8.19. The van der Waals surface area contributed by atoms with Crippen molar-refractivity contribution >= 4 is 11.0 Å². The Bertz CT molecular complexity index is 574. The molecule has 0 saturated heterocycles. The molecule has 0 saturated carbocycles. The molecule has 2 rings (SSSR count). The summed E-state index contributed by atoms with van der Waals surface area (Å²) in [5, 5.41) is 8.33. The fourth-order valence-corrected chi connectivity index (χ4v) is 1.91. The highest BCUT2D eigenvalue weighted by atomic mass is 15.1. The Morgan fingerprint density at radius 2 is 1.56 bits per heavy atom. The van der Waals surface area contributed by atoms with Gasteiger partial charge in [-0.1, -0.05) is 41.5 Å². The van der Waals surface area contributed by atoms with Crippen LogP contribution in [0.3, 0.4) is 0 Å². The Morgan fingerprint density at radius 3 is 2.11 bits per heavy atom. The van der Waals surface area contributed by atoms with Gasteiger partial charge in [0.25, 0.3) is 0 Å². The number of hydrogen-bond acceptors (Lipinski definition) is 3. The van der Waals surface area contributed by atoms with Crippen LogP contribution in [-0.4, -0.2) is 15.2 Å². The van der Waals surface area contributed by atoms with Gasteiger partial charge in [-0.3, -0.25) is 4.98 Å². The Kier molecular flexibility index (Phi) is 2.88. The van der Waals surface area contributed by atoms with Crippen molar-refractivity contribution in [3.8, 4) is 0 Å². The molecule has 0 N–H and O–H groups in total. The van der Waals surface area contributed by atoms with E-state index in [2.05, 4.69) is 62.8 Å². The highest BCUT2D eigenvalue weighted by Gasteiger charge is 2.21. The molecule has 0 fully saturated rings. The zero-order valence-corrected chi connectivity index (χ0v) is 12.1. The predicted molar refractivity (Wildman–Crippen MR) is 74.7 cm³/mol. The van der Waals surface area contributed by atoms with Gasteiger partial charge in [0.2, 0.25) is 0 Å². The average Bonchev–Trinajstić information content (AvgIpc) is 2.25. The Morgan fingerprint density at radius 1 is 0.889 bits per heavy atom. The molecule has 0 amide bonds. The van der Waals surface area contributed by atoms with Gasteiger partial charge in [0.1, 0.15) is 5.52 Å². The molecule has 2 heterocycles.